The van der Waals surface area contributed by atoms with Crippen LogP contribution in [0.4, 0.5) is 5.69 Å². The topological polar surface area (TPSA) is 49.4 Å². The van der Waals surface area contributed by atoms with Gasteiger partial charge in [-0.05, 0) is 50.8 Å². The Balaban J connectivity index is 2.07. The summed E-state index contributed by atoms with van der Waals surface area (Å²) in [5.74, 6) is -0.147. The molecule has 2 amide bonds. The highest BCUT2D eigenvalue weighted by Gasteiger charge is 2.36. The van der Waals surface area contributed by atoms with Crippen molar-refractivity contribution < 1.29 is 9.59 Å². The third kappa shape index (κ3) is 4.46. The summed E-state index contributed by atoms with van der Waals surface area (Å²) in [4.78, 5) is 27.2. The van der Waals surface area contributed by atoms with Crippen LogP contribution < -0.4 is 10.2 Å². The van der Waals surface area contributed by atoms with Gasteiger partial charge in [-0.2, -0.15) is 0 Å². The molecule has 3 rings (SSSR count). The number of carbonyl (C=O) groups excluding carboxylic acids is 2. The van der Waals surface area contributed by atoms with Crippen molar-refractivity contribution in [1.82, 2.24) is 5.32 Å². The fourth-order valence-corrected chi connectivity index (χ4v) is 4.43. The maximum absolute atomic E-state index is 13.2. The average molecular weight is 443 g/mol. The Labute approximate surface area is 175 Å². The quantitative estimate of drug-likeness (QED) is 0.709. The molecule has 148 valence electrons. The smallest absolute Gasteiger partial charge is 0.241 e. The van der Waals surface area contributed by atoms with Crippen LogP contribution in [0.25, 0.3) is 0 Å². The summed E-state index contributed by atoms with van der Waals surface area (Å²) < 4.78 is 0. The number of carbonyl (C=O) groups is 2. The largest absolute Gasteiger partial charge is 0.350 e. The van der Waals surface area contributed by atoms with Gasteiger partial charge in [0.15, 0.2) is 0 Å². The van der Waals surface area contributed by atoms with Crippen LogP contribution in [-0.2, 0) is 9.59 Å². The van der Waals surface area contributed by atoms with Crippen LogP contribution in [0.3, 0.4) is 0 Å². The predicted octanol–water partition coefficient (Wildman–Crippen LogP) is 4.54. The van der Waals surface area contributed by atoms with E-state index in [1.54, 1.807) is 4.90 Å². The van der Waals surface area contributed by atoms with E-state index < -0.39 is 0 Å². The third-order valence-corrected chi connectivity index (χ3v) is 5.67. The molecule has 1 aliphatic rings. The lowest BCUT2D eigenvalue weighted by Crippen LogP contribution is -2.48. The van der Waals surface area contributed by atoms with Crippen molar-refractivity contribution in [3.8, 4) is 0 Å². The number of halogens is 1. The second kappa shape index (κ2) is 8.08. The Kier molecular flexibility index (Phi) is 5.94. The Bertz CT molecular complexity index is 874. The lowest BCUT2D eigenvalue weighted by molar-refractivity contribution is -0.124. The molecule has 0 fully saturated rings. The Morgan fingerprint density at radius 1 is 1.14 bits per heavy atom. The first-order valence-electron chi connectivity index (χ1n) is 9.58. The molecule has 5 heteroatoms. The molecule has 1 heterocycles. The van der Waals surface area contributed by atoms with E-state index in [1.165, 1.54) is 5.56 Å². The number of fused-ring (bicyclic) bond motifs is 1. The SMILES string of the molecule is Cc1cccc2c1N(CC(=O)NC(C)(C)C)C(=O)[C@H](Br)C[C@@H]2c1ccccc1. The van der Waals surface area contributed by atoms with Gasteiger partial charge < -0.3 is 10.2 Å². The summed E-state index contributed by atoms with van der Waals surface area (Å²) in [6.45, 7) is 7.82. The number of nitrogens with one attached hydrogen (secondary N) is 1. The number of anilines is 1. The second-order valence-electron chi connectivity index (χ2n) is 8.40. The highest BCUT2D eigenvalue weighted by molar-refractivity contribution is 9.10. The Hall–Kier alpha value is -2.14. The number of hydrogen-bond acceptors (Lipinski definition) is 2. The first kappa shape index (κ1) is 20.6. The highest BCUT2D eigenvalue weighted by atomic mass is 79.9. The van der Waals surface area contributed by atoms with Crippen LogP contribution in [0.1, 0.15) is 49.8 Å². The second-order valence-corrected chi connectivity index (χ2v) is 9.51. The van der Waals surface area contributed by atoms with Gasteiger partial charge in [0.2, 0.25) is 11.8 Å². The zero-order valence-corrected chi connectivity index (χ0v) is 18.4. The number of hydrogen-bond donors (Lipinski definition) is 1. The molecule has 0 aromatic heterocycles. The van der Waals surface area contributed by atoms with E-state index in [1.807, 2.05) is 58.0 Å². The molecule has 0 saturated carbocycles. The van der Waals surface area contributed by atoms with Gasteiger partial charge in [0, 0.05) is 11.5 Å². The monoisotopic (exact) mass is 442 g/mol. The molecular formula is C23H27BrN2O2. The summed E-state index contributed by atoms with van der Waals surface area (Å²) in [7, 11) is 0. The Morgan fingerprint density at radius 2 is 1.82 bits per heavy atom. The molecule has 2 aromatic carbocycles. The van der Waals surface area contributed by atoms with Crippen LogP contribution in [-0.4, -0.2) is 28.7 Å². The number of rotatable bonds is 3. The van der Waals surface area contributed by atoms with Crippen molar-refractivity contribution in [2.45, 2.75) is 50.4 Å². The van der Waals surface area contributed by atoms with Gasteiger partial charge in [0.05, 0.1) is 10.5 Å². The van der Waals surface area contributed by atoms with Crippen LogP contribution in [0.2, 0.25) is 0 Å². The Morgan fingerprint density at radius 3 is 2.46 bits per heavy atom. The molecule has 0 radical (unpaired) electrons. The maximum atomic E-state index is 13.2. The number of benzene rings is 2. The fourth-order valence-electron chi connectivity index (χ4n) is 3.80. The van der Waals surface area contributed by atoms with Gasteiger partial charge >= 0.3 is 0 Å². The standard InChI is InChI=1S/C23H27BrN2O2/c1-15-9-8-12-17-18(16-10-6-5-7-11-16)13-19(24)22(28)26(21(15)17)14-20(27)25-23(2,3)4/h5-12,18-19H,13-14H2,1-4H3,(H,25,27)/t18-,19-/m1/s1. The maximum Gasteiger partial charge on any atom is 0.241 e. The molecule has 1 N–H and O–H groups in total. The fraction of sp³-hybridized carbons (Fsp3) is 0.391. The summed E-state index contributed by atoms with van der Waals surface area (Å²) in [5.41, 5.74) is 3.77. The zero-order valence-electron chi connectivity index (χ0n) is 16.8. The molecular weight excluding hydrogens is 416 g/mol. The van der Waals surface area contributed by atoms with Crippen LogP contribution in [0, 0.1) is 6.92 Å². The molecule has 2 aromatic rings. The third-order valence-electron chi connectivity index (χ3n) is 4.91. The van der Waals surface area contributed by atoms with E-state index in [-0.39, 0.29) is 34.6 Å². The van der Waals surface area contributed by atoms with E-state index in [2.05, 4.69) is 39.4 Å². The van der Waals surface area contributed by atoms with E-state index in [4.69, 9.17) is 0 Å². The molecule has 0 spiro atoms. The predicted molar refractivity (Wildman–Crippen MR) is 117 cm³/mol. The summed E-state index contributed by atoms with van der Waals surface area (Å²) in [5, 5.41) is 2.97. The number of alkyl halides is 1. The van der Waals surface area contributed by atoms with E-state index in [0.29, 0.717) is 6.42 Å². The molecule has 0 aliphatic carbocycles. The normalized spacial score (nSPS) is 19.8. The minimum atomic E-state index is -0.355. The van der Waals surface area contributed by atoms with Gasteiger partial charge in [-0.25, -0.2) is 0 Å². The lowest BCUT2D eigenvalue weighted by Gasteiger charge is -2.28. The van der Waals surface area contributed by atoms with Gasteiger partial charge in [0.25, 0.3) is 0 Å². The van der Waals surface area contributed by atoms with E-state index in [9.17, 15) is 9.59 Å². The molecule has 2 atom stereocenters. The molecule has 0 unspecified atom stereocenters. The minimum Gasteiger partial charge on any atom is -0.350 e. The first-order valence-corrected chi connectivity index (χ1v) is 10.5. The number of aryl methyl sites for hydroxylation is 1. The summed E-state index contributed by atoms with van der Waals surface area (Å²) >= 11 is 3.59. The molecule has 4 nitrogen and oxygen atoms in total. The number of nitrogens with zero attached hydrogens (tertiary/aromatic N) is 1. The van der Waals surface area contributed by atoms with Gasteiger partial charge in [0.1, 0.15) is 6.54 Å². The van der Waals surface area contributed by atoms with Crippen molar-refractivity contribution >= 4 is 33.4 Å². The summed E-state index contributed by atoms with van der Waals surface area (Å²) in [6.07, 6.45) is 0.649. The molecule has 0 bridgehead atoms. The van der Waals surface area contributed by atoms with Crippen LogP contribution in [0.15, 0.2) is 48.5 Å². The van der Waals surface area contributed by atoms with Gasteiger partial charge in [-0.15, -0.1) is 0 Å². The van der Waals surface area contributed by atoms with Gasteiger partial charge in [-0.3, -0.25) is 9.59 Å². The lowest BCUT2D eigenvalue weighted by atomic mass is 9.86. The van der Waals surface area contributed by atoms with Crippen molar-refractivity contribution in [3.63, 3.8) is 0 Å². The highest BCUT2D eigenvalue weighted by Crippen LogP contribution is 2.42. The minimum absolute atomic E-state index is 0.0115. The average Bonchev–Trinajstić information content (AvgIpc) is 2.72. The first-order chi connectivity index (χ1) is 13.2. The van der Waals surface area contributed by atoms with Crippen molar-refractivity contribution in [1.29, 1.82) is 0 Å². The number of para-hydroxylation sites is 1. The van der Waals surface area contributed by atoms with Crippen molar-refractivity contribution in [2.24, 2.45) is 0 Å². The van der Waals surface area contributed by atoms with Crippen molar-refractivity contribution in [2.75, 3.05) is 11.4 Å². The molecule has 0 saturated heterocycles. The molecule has 1 aliphatic heterocycles. The van der Waals surface area contributed by atoms with Gasteiger partial charge in [-0.1, -0.05) is 64.5 Å². The van der Waals surface area contributed by atoms with Crippen LogP contribution in [0.5, 0.6) is 0 Å². The van der Waals surface area contributed by atoms with E-state index >= 15 is 0 Å². The number of amides is 2. The van der Waals surface area contributed by atoms with E-state index in [0.717, 1.165) is 16.8 Å². The zero-order chi connectivity index (χ0) is 20.5. The van der Waals surface area contributed by atoms with Crippen molar-refractivity contribution in [3.05, 3.63) is 65.2 Å². The molecule has 28 heavy (non-hydrogen) atoms. The summed E-state index contributed by atoms with van der Waals surface area (Å²) in [6, 6.07) is 16.3. The van der Waals surface area contributed by atoms with Crippen LogP contribution >= 0.6 is 15.9 Å².